The SMILES string of the molecule is CC(C)[C@@H](CO)CC(=O)c1ccc2ncc(-c3cc4ccccc4o3)n2n1. The second kappa shape index (κ2) is 6.96. The number of benzene rings is 1. The minimum Gasteiger partial charge on any atom is -0.454 e. The molecule has 27 heavy (non-hydrogen) atoms. The van der Waals surface area contributed by atoms with Gasteiger partial charge in [-0.25, -0.2) is 9.50 Å². The van der Waals surface area contributed by atoms with Gasteiger partial charge in [0.1, 0.15) is 17.0 Å². The largest absolute Gasteiger partial charge is 0.454 e. The van der Waals surface area contributed by atoms with Crippen molar-refractivity contribution in [2.24, 2.45) is 11.8 Å². The molecule has 0 fully saturated rings. The van der Waals surface area contributed by atoms with E-state index in [9.17, 15) is 9.90 Å². The Morgan fingerprint density at radius 2 is 2.04 bits per heavy atom. The van der Waals surface area contributed by atoms with Gasteiger partial charge in [-0.15, -0.1) is 0 Å². The molecule has 138 valence electrons. The predicted molar refractivity (Wildman–Crippen MR) is 103 cm³/mol. The van der Waals surface area contributed by atoms with Crippen LogP contribution in [0.15, 0.2) is 53.1 Å². The zero-order valence-electron chi connectivity index (χ0n) is 15.3. The van der Waals surface area contributed by atoms with Crippen LogP contribution in [-0.2, 0) is 0 Å². The Balaban J connectivity index is 1.72. The molecule has 6 nitrogen and oxygen atoms in total. The fourth-order valence-corrected chi connectivity index (χ4v) is 3.15. The Hall–Kier alpha value is -2.99. The molecule has 0 saturated heterocycles. The first-order valence-corrected chi connectivity index (χ1v) is 9.04. The van der Waals surface area contributed by atoms with Crippen molar-refractivity contribution in [2.75, 3.05) is 6.61 Å². The zero-order chi connectivity index (χ0) is 19.0. The van der Waals surface area contributed by atoms with Gasteiger partial charge in [0.25, 0.3) is 0 Å². The van der Waals surface area contributed by atoms with E-state index in [4.69, 9.17) is 4.42 Å². The van der Waals surface area contributed by atoms with Crippen LogP contribution in [0.4, 0.5) is 0 Å². The number of hydrogen-bond donors (Lipinski definition) is 1. The van der Waals surface area contributed by atoms with Gasteiger partial charge < -0.3 is 9.52 Å². The topological polar surface area (TPSA) is 80.6 Å². The van der Waals surface area contributed by atoms with E-state index in [1.54, 1.807) is 22.8 Å². The van der Waals surface area contributed by atoms with Crippen LogP contribution < -0.4 is 0 Å². The molecule has 1 N–H and O–H groups in total. The van der Waals surface area contributed by atoms with Crippen LogP contribution >= 0.6 is 0 Å². The molecule has 0 aliphatic carbocycles. The van der Waals surface area contributed by atoms with Gasteiger partial charge in [0.2, 0.25) is 0 Å². The minimum atomic E-state index is -0.0890. The molecule has 3 heterocycles. The highest BCUT2D eigenvalue weighted by atomic mass is 16.3. The van der Waals surface area contributed by atoms with Gasteiger partial charge >= 0.3 is 0 Å². The molecule has 1 atom stereocenters. The summed E-state index contributed by atoms with van der Waals surface area (Å²) in [5, 5.41) is 15.0. The molecular weight excluding hydrogens is 342 g/mol. The van der Waals surface area contributed by atoms with E-state index >= 15 is 0 Å². The van der Waals surface area contributed by atoms with Crippen molar-refractivity contribution in [3.8, 4) is 11.5 Å². The van der Waals surface area contributed by atoms with Crippen molar-refractivity contribution in [3.05, 3.63) is 54.4 Å². The van der Waals surface area contributed by atoms with Crippen molar-refractivity contribution in [1.82, 2.24) is 14.6 Å². The predicted octanol–water partition coefficient (Wildman–Crippen LogP) is 3.98. The highest BCUT2D eigenvalue weighted by Gasteiger charge is 2.20. The van der Waals surface area contributed by atoms with Crippen molar-refractivity contribution < 1.29 is 14.3 Å². The van der Waals surface area contributed by atoms with E-state index in [1.165, 1.54) is 0 Å². The number of para-hydroxylation sites is 1. The van der Waals surface area contributed by atoms with E-state index in [-0.39, 0.29) is 30.6 Å². The lowest BCUT2D eigenvalue weighted by molar-refractivity contribution is 0.0901. The number of hydrogen-bond acceptors (Lipinski definition) is 5. The first kappa shape index (κ1) is 17.4. The number of Topliss-reactive ketones (excluding diaryl/α,β-unsaturated/α-hetero) is 1. The van der Waals surface area contributed by atoms with Gasteiger partial charge in [-0.2, -0.15) is 5.10 Å². The average Bonchev–Trinajstić information content (AvgIpc) is 3.28. The molecule has 1 aromatic carbocycles. The number of fused-ring (bicyclic) bond motifs is 2. The summed E-state index contributed by atoms with van der Waals surface area (Å²) in [6.45, 7) is 3.99. The van der Waals surface area contributed by atoms with Crippen LogP contribution in [0.1, 0.15) is 30.8 Å². The van der Waals surface area contributed by atoms with Crippen LogP contribution in [0.5, 0.6) is 0 Å². The molecule has 0 unspecified atom stereocenters. The Morgan fingerprint density at radius 1 is 1.22 bits per heavy atom. The number of furan rings is 1. The molecule has 6 heteroatoms. The fourth-order valence-electron chi connectivity index (χ4n) is 3.15. The number of ketones is 1. The Kier molecular flexibility index (Phi) is 4.49. The minimum absolute atomic E-state index is 0.0129. The number of imidazole rings is 1. The average molecular weight is 363 g/mol. The number of aliphatic hydroxyl groups is 1. The summed E-state index contributed by atoms with van der Waals surface area (Å²) in [5.74, 6) is 0.708. The summed E-state index contributed by atoms with van der Waals surface area (Å²) in [7, 11) is 0. The van der Waals surface area contributed by atoms with Crippen LogP contribution in [0, 0.1) is 11.8 Å². The maximum Gasteiger partial charge on any atom is 0.183 e. The molecule has 0 aliphatic rings. The second-order valence-corrected chi connectivity index (χ2v) is 7.09. The first-order chi connectivity index (χ1) is 13.1. The number of nitrogens with zero attached hydrogens (tertiary/aromatic N) is 3. The van der Waals surface area contributed by atoms with E-state index in [2.05, 4.69) is 10.1 Å². The maximum absolute atomic E-state index is 12.6. The van der Waals surface area contributed by atoms with E-state index in [0.29, 0.717) is 22.8 Å². The molecular formula is C21H21N3O3. The number of carbonyl (C=O) groups excluding carboxylic acids is 1. The Morgan fingerprint density at radius 3 is 2.78 bits per heavy atom. The molecule has 0 bridgehead atoms. The third kappa shape index (κ3) is 3.24. The van der Waals surface area contributed by atoms with Crippen LogP contribution in [0.2, 0.25) is 0 Å². The quantitative estimate of drug-likeness (QED) is 0.524. The summed E-state index contributed by atoms with van der Waals surface area (Å²) < 4.78 is 7.55. The summed E-state index contributed by atoms with van der Waals surface area (Å²) in [4.78, 5) is 17.0. The molecule has 4 aromatic rings. The van der Waals surface area contributed by atoms with Gasteiger partial charge in [0.15, 0.2) is 17.2 Å². The number of aromatic nitrogens is 3. The van der Waals surface area contributed by atoms with Gasteiger partial charge in [0.05, 0.1) is 6.20 Å². The standard InChI is InChI=1S/C21H21N3O3/c1-13(2)15(12-25)9-18(26)16-7-8-21-22-11-17(24(21)23-16)20-10-14-5-3-4-6-19(14)27-20/h3-8,10-11,13,15,25H,9,12H2,1-2H3/t15-/m1/s1. The summed E-state index contributed by atoms with van der Waals surface area (Å²) in [5.41, 5.74) is 2.48. The molecule has 0 amide bonds. The monoisotopic (exact) mass is 363 g/mol. The third-order valence-corrected chi connectivity index (χ3v) is 4.95. The zero-order valence-corrected chi connectivity index (χ0v) is 15.3. The lowest BCUT2D eigenvalue weighted by Gasteiger charge is -2.16. The van der Waals surface area contributed by atoms with Gasteiger partial charge in [-0.3, -0.25) is 4.79 Å². The van der Waals surface area contributed by atoms with Crippen molar-refractivity contribution >= 4 is 22.4 Å². The van der Waals surface area contributed by atoms with Gasteiger partial charge in [-0.05, 0) is 36.1 Å². The van der Waals surface area contributed by atoms with Crippen LogP contribution in [0.3, 0.4) is 0 Å². The van der Waals surface area contributed by atoms with E-state index < -0.39 is 0 Å². The third-order valence-electron chi connectivity index (χ3n) is 4.95. The van der Waals surface area contributed by atoms with Gasteiger partial charge in [0, 0.05) is 18.4 Å². The summed E-state index contributed by atoms with van der Waals surface area (Å²) >= 11 is 0. The fraction of sp³-hybridized carbons (Fsp3) is 0.286. The van der Waals surface area contributed by atoms with E-state index in [0.717, 1.165) is 11.0 Å². The summed E-state index contributed by atoms with van der Waals surface area (Å²) in [6.07, 6.45) is 1.96. The highest BCUT2D eigenvalue weighted by molar-refractivity contribution is 5.94. The molecule has 0 saturated carbocycles. The molecule has 0 aliphatic heterocycles. The molecule has 3 aromatic heterocycles. The number of carbonyl (C=O) groups is 1. The molecule has 4 rings (SSSR count). The molecule has 0 spiro atoms. The van der Waals surface area contributed by atoms with Crippen molar-refractivity contribution in [2.45, 2.75) is 20.3 Å². The van der Waals surface area contributed by atoms with E-state index in [1.807, 2.05) is 44.2 Å². The highest BCUT2D eigenvalue weighted by Crippen LogP contribution is 2.28. The Bertz CT molecular complexity index is 1080. The molecule has 0 radical (unpaired) electrons. The van der Waals surface area contributed by atoms with Crippen LogP contribution in [0.25, 0.3) is 28.1 Å². The Labute approximate surface area is 156 Å². The lowest BCUT2D eigenvalue weighted by Crippen LogP contribution is -2.19. The van der Waals surface area contributed by atoms with Crippen molar-refractivity contribution in [3.63, 3.8) is 0 Å². The number of rotatable bonds is 6. The lowest BCUT2D eigenvalue weighted by atomic mass is 9.91. The smallest absolute Gasteiger partial charge is 0.183 e. The number of aliphatic hydroxyl groups excluding tert-OH is 1. The van der Waals surface area contributed by atoms with Crippen LogP contribution in [-0.4, -0.2) is 32.1 Å². The van der Waals surface area contributed by atoms with Crippen molar-refractivity contribution in [1.29, 1.82) is 0 Å². The van der Waals surface area contributed by atoms with Gasteiger partial charge in [-0.1, -0.05) is 32.0 Å². The second-order valence-electron chi connectivity index (χ2n) is 7.09. The summed E-state index contributed by atoms with van der Waals surface area (Å²) in [6, 6.07) is 13.2. The normalized spacial score (nSPS) is 12.9. The first-order valence-electron chi connectivity index (χ1n) is 9.04. The maximum atomic E-state index is 12.6.